The molecule has 1 aliphatic rings. The predicted octanol–water partition coefficient (Wildman–Crippen LogP) is 3.85. The summed E-state index contributed by atoms with van der Waals surface area (Å²) in [4.78, 5) is 0. The van der Waals surface area contributed by atoms with Gasteiger partial charge in [0.2, 0.25) is 0 Å². The van der Waals surface area contributed by atoms with Gasteiger partial charge in [-0.05, 0) is 25.0 Å². The van der Waals surface area contributed by atoms with Crippen LogP contribution < -0.4 is 0 Å². The van der Waals surface area contributed by atoms with Crippen LogP contribution in [0.2, 0.25) is 0 Å². The van der Waals surface area contributed by atoms with Crippen LogP contribution in [-0.2, 0) is 0 Å². The fourth-order valence-corrected chi connectivity index (χ4v) is 3.08. The van der Waals surface area contributed by atoms with Crippen molar-refractivity contribution >= 4 is 11.8 Å². The SMILES string of the molecule is CCCCSC1CCCCC1. The zero-order valence-corrected chi connectivity index (χ0v) is 8.46. The van der Waals surface area contributed by atoms with Crippen LogP contribution in [0.5, 0.6) is 0 Å². The normalized spacial score (nSPS) is 20.5. The fraction of sp³-hybridized carbons (Fsp3) is 1.00. The average Bonchev–Trinajstić information content (AvgIpc) is 2.07. The first kappa shape index (κ1) is 9.44. The summed E-state index contributed by atoms with van der Waals surface area (Å²) in [6, 6.07) is 0. The Morgan fingerprint density at radius 2 is 1.91 bits per heavy atom. The summed E-state index contributed by atoms with van der Waals surface area (Å²) in [5.74, 6) is 1.40. The largest absolute Gasteiger partial charge is 0.159 e. The molecule has 0 atom stereocenters. The molecule has 0 unspecified atom stereocenters. The molecule has 1 aliphatic carbocycles. The van der Waals surface area contributed by atoms with E-state index in [1.54, 1.807) is 0 Å². The minimum Gasteiger partial charge on any atom is -0.159 e. The molecule has 0 aromatic rings. The Kier molecular flexibility index (Phi) is 5.09. The molecule has 0 radical (unpaired) electrons. The summed E-state index contributed by atoms with van der Waals surface area (Å²) in [7, 11) is 0. The molecular formula is C10H20S. The van der Waals surface area contributed by atoms with E-state index in [-0.39, 0.29) is 0 Å². The second-order valence-corrected chi connectivity index (χ2v) is 4.89. The van der Waals surface area contributed by atoms with Gasteiger partial charge in [-0.1, -0.05) is 32.6 Å². The van der Waals surface area contributed by atoms with E-state index >= 15 is 0 Å². The lowest BCUT2D eigenvalue weighted by Gasteiger charge is -2.20. The van der Waals surface area contributed by atoms with Gasteiger partial charge in [-0.2, -0.15) is 11.8 Å². The molecule has 1 heteroatoms. The van der Waals surface area contributed by atoms with E-state index in [2.05, 4.69) is 18.7 Å². The Morgan fingerprint density at radius 3 is 2.55 bits per heavy atom. The molecule has 0 aliphatic heterocycles. The predicted molar refractivity (Wildman–Crippen MR) is 54.2 cm³/mol. The average molecular weight is 172 g/mol. The van der Waals surface area contributed by atoms with Gasteiger partial charge in [0.1, 0.15) is 0 Å². The number of hydrogen-bond acceptors (Lipinski definition) is 1. The maximum atomic E-state index is 2.28. The van der Waals surface area contributed by atoms with Crippen LogP contribution in [-0.4, -0.2) is 11.0 Å². The highest BCUT2D eigenvalue weighted by atomic mass is 32.2. The van der Waals surface area contributed by atoms with Crippen LogP contribution in [0.15, 0.2) is 0 Å². The molecule has 1 fully saturated rings. The number of rotatable bonds is 4. The smallest absolute Gasteiger partial charge is 0.00470 e. The lowest BCUT2D eigenvalue weighted by molar-refractivity contribution is 0.516. The molecule has 1 saturated carbocycles. The van der Waals surface area contributed by atoms with E-state index in [1.165, 1.54) is 50.7 Å². The van der Waals surface area contributed by atoms with Crippen molar-refractivity contribution in [2.24, 2.45) is 0 Å². The molecule has 11 heavy (non-hydrogen) atoms. The summed E-state index contributed by atoms with van der Waals surface area (Å²) < 4.78 is 0. The third kappa shape index (κ3) is 4.05. The van der Waals surface area contributed by atoms with E-state index in [9.17, 15) is 0 Å². The van der Waals surface area contributed by atoms with Gasteiger partial charge in [0.05, 0.1) is 0 Å². The van der Waals surface area contributed by atoms with Crippen LogP contribution in [0.1, 0.15) is 51.9 Å². The second-order valence-electron chi connectivity index (χ2n) is 3.48. The molecule has 0 amide bonds. The van der Waals surface area contributed by atoms with Crippen LogP contribution in [0.4, 0.5) is 0 Å². The van der Waals surface area contributed by atoms with E-state index in [0.29, 0.717) is 0 Å². The third-order valence-corrected chi connectivity index (χ3v) is 3.87. The number of unbranched alkanes of at least 4 members (excludes halogenated alkanes) is 1. The first-order valence-electron chi connectivity index (χ1n) is 5.05. The van der Waals surface area contributed by atoms with Crippen molar-refractivity contribution in [3.8, 4) is 0 Å². The van der Waals surface area contributed by atoms with E-state index in [0.717, 1.165) is 5.25 Å². The van der Waals surface area contributed by atoms with E-state index in [4.69, 9.17) is 0 Å². The lowest BCUT2D eigenvalue weighted by atomic mass is 10.0. The molecule has 66 valence electrons. The Hall–Kier alpha value is 0.350. The van der Waals surface area contributed by atoms with Crippen molar-refractivity contribution in [3.05, 3.63) is 0 Å². The van der Waals surface area contributed by atoms with Crippen LogP contribution in [0.3, 0.4) is 0 Å². The molecule has 0 N–H and O–H groups in total. The number of hydrogen-bond donors (Lipinski definition) is 0. The molecule has 0 saturated heterocycles. The van der Waals surface area contributed by atoms with Crippen molar-refractivity contribution in [2.45, 2.75) is 57.1 Å². The summed E-state index contributed by atoms with van der Waals surface area (Å²) in [6.07, 6.45) is 10.2. The van der Waals surface area contributed by atoms with E-state index in [1.807, 2.05) is 0 Å². The fourth-order valence-electron chi connectivity index (χ4n) is 1.63. The van der Waals surface area contributed by atoms with Crippen molar-refractivity contribution in [1.29, 1.82) is 0 Å². The van der Waals surface area contributed by atoms with Crippen LogP contribution in [0.25, 0.3) is 0 Å². The van der Waals surface area contributed by atoms with Crippen molar-refractivity contribution < 1.29 is 0 Å². The minimum atomic E-state index is 1.02. The van der Waals surface area contributed by atoms with Crippen molar-refractivity contribution in [1.82, 2.24) is 0 Å². The molecule has 0 aromatic carbocycles. The third-order valence-electron chi connectivity index (χ3n) is 2.40. The Balaban J connectivity index is 1.96. The van der Waals surface area contributed by atoms with Crippen molar-refractivity contribution in [2.75, 3.05) is 5.75 Å². The summed E-state index contributed by atoms with van der Waals surface area (Å²) in [5, 5.41) is 1.02. The highest BCUT2D eigenvalue weighted by Crippen LogP contribution is 2.28. The van der Waals surface area contributed by atoms with Gasteiger partial charge in [0.25, 0.3) is 0 Å². The summed E-state index contributed by atoms with van der Waals surface area (Å²) in [5.41, 5.74) is 0. The van der Waals surface area contributed by atoms with Crippen molar-refractivity contribution in [3.63, 3.8) is 0 Å². The zero-order valence-electron chi connectivity index (χ0n) is 7.64. The van der Waals surface area contributed by atoms with Gasteiger partial charge in [-0.3, -0.25) is 0 Å². The van der Waals surface area contributed by atoms with Gasteiger partial charge < -0.3 is 0 Å². The molecule has 0 heterocycles. The quantitative estimate of drug-likeness (QED) is 0.580. The minimum absolute atomic E-state index is 1.02. The molecule has 0 spiro atoms. The monoisotopic (exact) mass is 172 g/mol. The first-order valence-corrected chi connectivity index (χ1v) is 6.10. The molecule has 0 nitrogen and oxygen atoms in total. The molecule has 1 rings (SSSR count). The van der Waals surface area contributed by atoms with E-state index < -0.39 is 0 Å². The van der Waals surface area contributed by atoms with Gasteiger partial charge in [-0.15, -0.1) is 0 Å². The highest BCUT2D eigenvalue weighted by molar-refractivity contribution is 7.99. The van der Waals surface area contributed by atoms with Gasteiger partial charge in [0.15, 0.2) is 0 Å². The zero-order chi connectivity index (χ0) is 7.94. The number of thioether (sulfide) groups is 1. The maximum absolute atomic E-state index is 2.28. The first-order chi connectivity index (χ1) is 5.43. The van der Waals surface area contributed by atoms with Crippen LogP contribution >= 0.6 is 11.8 Å². The highest BCUT2D eigenvalue weighted by Gasteiger charge is 2.12. The Labute approximate surface area is 75.1 Å². The standard InChI is InChI=1S/C10H20S/c1-2-3-9-11-10-7-5-4-6-8-10/h10H,2-9H2,1H3. The summed E-state index contributed by atoms with van der Waals surface area (Å²) in [6.45, 7) is 2.28. The van der Waals surface area contributed by atoms with Gasteiger partial charge in [0, 0.05) is 5.25 Å². The van der Waals surface area contributed by atoms with Gasteiger partial charge in [-0.25, -0.2) is 0 Å². The van der Waals surface area contributed by atoms with Crippen LogP contribution in [0, 0.1) is 0 Å². The second kappa shape index (κ2) is 5.93. The Bertz CT molecular complexity index is 84.9. The molecular weight excluding hydrogens is 152 g/mol. The molecule has 0 bridgehead atoms. The Morgan fingerprint density at radius 1 is 1.18 bits per heavy atom. The molecule has 0 aromatic heterocycles. The lowest BCUT2D eigenvalue weighted by Crippen LogP contribution is -2.08. The maximum Gasteiger partial charge on any atom is 0.00470 e. The summed E-state index contributed by atoms with van der Waals surface area (Å²) >= 11 is 2.22. The van der Waals surface area contributed by atoms with Gasteiger partial charge >= 0.3 is 0 Å². The topological polar surface area (TPSA) is 0 Å².